The molecular weight excluding hydrogens is 254 g/mol. The van der Waals surface area contributed by atoms with E-state index in [9.17, 15) is 0 Å². The van der Waals surface area contributed by atoms with Gasteiger partial charge in [0.15, 0.2) is 0 Å². The van der Waals surface area contributed by atoms with Gasteiger partial charge in [-0.05, 0) is 31.0 Å². The highest BCUT2D eigenvalue weighted by Crippen LogP contribution is 2.32. The van der Waals surface area contributed by atoms with Gasteiger partial charge in [0.25, 0.3) is 0 Å². The predicted octanol–water partition coefficient (Wildman–Crippen LogP) is 3.17. The van der Waals surface area contributed by atoms with E-state index in [1.807, 2.05) is 37.7 Å². The third-order valence-electron chi connectivity index (χ3n) is 3.37. The van der Waals surface area contributed by atoms with E-state index < -0.39 is 0 Å². The minimum atomic E-state index is 0.896. The van der Waals surface area contributed by atoms with Gasteiger partial charge in [0, 0.05) is 28.5 Å². The van der Waals surface area contributed by atoms with Crippen LogP contribution in [0.3, 0.4) is 0 Å². The molecule has 0 aliphatic heterocycles. The van der Waals surface area contributed by atoms with Crippen LogP contribution in [0.25, 0.3) is 10.1 Å². The molecule has 4 heteroatoms. The van der Waals surface area contributed by atoms with E-state index in [-0.39, 0.29) is 0 Å². The lowest BCUT2D eigenvalue weighted by molar-refractivity contribution is 0.748. The van der Waals surface area contributed by atoms with Crippen LogP contribution in [-0.4, -0.2) is 16.6 Å². The molecule has 3 aromatic rings. The summed E-state index contributed by atoms with van der Waals surface area (Å²) in [7, 11) is 2.00. The summed E-state index contributed by atoms with van der Waals surface area (Å²) in [4.78, 5) is 5.72. The number of thiophene rings is 1. The lowest BCUT2D eigenvalue weighted by Gasteiger charge is -2.07. The zero-order valence-corrected chi connectivity index (χ0v) is 12.0. The maximum absolute atomic E-state index is 4.30. The Balaban J connectivity index is 2.09. The van der Waals surface area contributed by atoms with Crippen LogP contribution in [0.4, 0.5) is 0 Å². The zero-order chi connectivity index (χ0) is 13.2. The molecule has 3 rings (SSSR count). The predicted molar refractivity (Wildman–Crippen MR) is 80.7 cm³/mol. The first-order valence-corrected chi connectivity index (χ1v) is 7.23. The molecule has 0 radical (unpaired) electrons. The Bertz CT molecular complexity index is 696. The van der Waals surface area contributed by atoms with E-state index in [0.29, 0.717) is 0 Å². The molecular formula is C15H17N3S. The summed E-state index contributed by atoms with van der Waals surface area (Å²) in [5.74, 6) is 1.06. The van der Waals surface area contributed by atoms with Crippen molar-refractivity contribution >= 4 is 21.4 Å². The lowest BCUT2D eigenvalue weighted by atomic mass is 10.1. The molecule has 3 nitrogen and oxygen atoms in total. The highest BCUT2D eigenvalue weighted by molar-refractivity contribution is 7.19. The minimum absolute atomic E-state index is 0.896. The van der Waals surface area contributed by atoms with Crippen LogP contribution in [-0.2, 0) is 13.1 Å². The third-order valence-corrected chi connectivity index (χ3v) is 4.58. The molecule has 19 heavy (non-hydrogen) atoms. The van der Waals surface area contributed by atoms with Gasteiger partial charge >= 0.3 is 0 Å². The van der Waals surface area contributed by atoms with Crippen molar-refractivity contribution < 1.29 is 0 Å². The summed E-state index contributed by atoms with van der Waals surface area (Å²) in [5.41, 5.74) is 1.41. The van der Waals surface area contributed by atoms with Crippen molar-refractivity contribution in [1.29, 1.82) is 0 Å². The monoisotopic (exact) mass is 271 g/mol. The zero-order valence-electron chi connectivity index (χ0n) is 11.2. The van der Waals surface area contributed by atoms with Crippen molar-refractivity contribution in [2.45, 2.75) is 20.0 Å². The van der Waals surface area contributed by atoms with Crippen molar-refractivity contribution in [3.05, 3.63) is 52.9 Å². The number of imidazole rings is 1. The second-order valence-corrected chi connectivity index (χ2v) is 5.77. The van der Waals surface area contributed by atoms with E-state index in [1.165, 1.54) is 20.5 Å². The van der Waals surface area contributed by atoms with Gasteiger partial charge in [-0.3, -0.25) is 0 Å². The number of aryl methyl sites for hydroxylation is 1. The van der Waals surface area contributed by atoms with Crippen LogP contribution < -0.4 is 5.32 Å². The Labute approximate surface area is 116 Å². The fraction of sp³-hybridized carbons (Fsp3) is 0.267. The van der Waals surface area contributed by atoms with Gasteiger partial charge in [0.1, 0.15) is 5.82 Å². The maximum Gasteiger partial charge on any atom is 0.105 e. The van der Waals surface area contributed by atoms with Gasteiger partial charge < -0.3 is 9.88 Å². The molecule has 0 aliphatic carbocycles. The topological polar surface area (TPSA) is 29.9 Å². The molecule has 0 bridgehead atoms. The van der Waals surface area contributed by atoms with Gasteiger partial charge in [0.2, 0.25) is 0 Å². The summed E-state index contributed by atoms with van der Waals surface area (Å²) in [6.07, 6.45) is 3.91. The van der Waals surface area contributed by atoms with Crippen LogP contribution >= 0.6 is 11.3 Å². The molecule has 1 N–H and O–H groups in total. The minimum Gasteiger partial charge on any atom is -0.331 e. The molecule has 0 amide bonds. The van der Waals surface area contributed by atoms with Crippen LogP contribution in [0.1, 0.15) is 16.3 Å². The highest BCUT2D eigenvalue weighted by atomic mass is 32.1. The first-order chi connectivity index (χ1) is 9.29. The highest BCUT2D eigenvalue weighted by Gasteiger charge is 2.12. The molecule has 0 fully saturated rings. The van der Waals surface area contributed by atoms with E-state index in [4.69, 9.17) is 0 Å². The van der Waals surface area contributed by atoms with E-state index in [2.05, 4.69) is 39.1 Å². The summed E-state index contributed by atoms with van der Waals surface area (Å²) >= 11 is 1.88. The fourth-order valence-electron chi connectivity index (χ4n) is 2.37. The lowest BCUT2D eigenvalue weighted by Crippen LogP contribution is -2.08. The largest absolute Gasteiger partial charge is 0.331 e. The number of benzene rings is 1. The molecule has 2 aromatic heterocycles. The summed E-state index contributed by atoms with van der Waals surface area (Å²) < 4.78 is 3.56. The molecule has 2 heterocycles. The van der Waals surface area contributed by atoms with Crippen LogP contribution in [0, 0.1) is 6.92 Å². The summed E-state index contributed by atoms with van der Waals surface area (Å²) in [6.45, 7) is 3.86. The van der Waals surface area contributed by atoms with Crippen molar-refractivity contribution in [3.8, 4) is 0 Å². The second kappa shape index (κ2) is 5.15. The fourth-order valence-corrected chi connectivity index (χ4v) is 3.59. The van der Waals surface area contributed by atoms with Crippen molar-refractivity contribution in [1.82, 2.24) is 14.9 Å². The third kappa shape index (κ3) is 2.29. The number of nitrogens with one attached hydrogen (secondary N) is 1. The first kappa shape index (κ1) is 12.4. The second-order valence-electron chi connectivity index (χ2n) is 4.63. The van der Waals surface area contributed by atoms with Gasteiger partial charge in [0.05, 0.1) is 6.54 Å². The average molecular weight is 271 g/mol. The Morgan fingerprint density at radius 1 is 1.32 bits per heavy atom. The summed E-state index contributed by atoms with van der Waals surface area (Å²) in [6, 6.07) is 8.63. The Morgan fingerprint density at radius 3 is 2.89 bits per heavy atom. The Morgan fingerprint density at radius 2 is 2.16 bits per heavy atom. The SMILES string of the molecule is CNCc1sc2ccccc2c1Cn1ccnc1C. The molecule has 0 saturated heterocycles. The quantitative estimate of drug-likeness (QED) is 0.790. The number of aromatic nitrogens is 2. The normalized spacial score (nSPS) is 11.3. The van der Waals surface area contributed by atoms with E-state index in [1.54, 1.807) is 0 Å². The van der Waals surface area contributed by atoms with Gasteiger partial charge in [-0.2, -0.15) is 0 Å². The van der Waals surface area contributed by atoms with Crippen LogP contribution in [0.2, 0.25) is 0 Å². The first-order valence-electron chi connectivity index (χ1n) is 6.41. The maximum atomic E-state index is 4.30. The standard InChI is InChI=1S/C15H17N3S/c1-11-17-7-8-18(11)10-13-12-5-3-4-6-14(12)19-15(13)9-16-2/h3-8,16H,9-10H2,1-2H3. The molecule has 1 aromatic carbocycles. The van der Waals surface area contributed by atoms with Crippen molar-refractivity contribution in [2.24, 2.45) is 0 Å². The molecule has 0 saturated carbocycles. The molecule has 98 valence electrons. The van der Waals surface area contributed by atoms with Crippen molar-refractivity contribution in [2.75, 3.05) is 7.05 Å². The number of fused-ring (bicyclic) bond motifs is 1. The van der Waals surface area contributed by atoms with E-state index in [0.717, 1.165) is 18.9 Å². The molecule has 0 unspecified atom stereocenters. The Hall–Kier alpha value is -1.65. The summed E-state index contributed by atoms with van der Waals surface area (Å²) in [5, 5.41) is 4.63. The number of nitrogens with zero attached hydrogens (tertiary/aromatic N) is 2. The van der Waals surface area contributed by atoms with Crippen molar-refractivity contribution in [3.63, 3.8) is 0 Å². The molecule has 0 aliphatic rings. The van der Waals surface area contributed by atoms with Gasteiger partial charge in [-0.1, -0.05) is 18.2 Å². The van der Waals surface area contributed by atoms with Crippen LogP contribution in [0.15, 0.2) is 36.7 Å². The van der Waals surface area contributed by atoms with Crippen LogP contribution in [0.5, 0.6) is 0 Å². The average Bonchev–Trinajstić information content (AvgIpc) is 2.96. The number of hydrogen-bond donors (Lipinski definition) is 1. The van der Waals surface area contributed by atoms with Gasteiger partial charge in [-0.25, -0.2) is 4.98 Å². The smallest absolute Gasteiger partial charge is 0.105 e. The van der Waals surface area contributed by atoms with E-state index >= 15 is 0 Å². The molecule has 0 atom stereocenters. The Kier molecular flexibility index (Phi) is 3.36. The number of rotatable bonds is 4. The van der Waals surface area contributed by atoms with Gasteiger partial charge in [-0.15, -0.1) is 11.3 Å². The number of hydrogen-bond acceptors (Lipinski definition) is 3. The molecule has 0 spiro atoms.